The molecule has 138 valence electrons. The van der Waals surface area contributed by atoms with Crippen molar-refractivity contribution in [2.45, 2.75) is 6.18 Å². The summed E-state index contributed by atoms with van der Waals surface area (Å²) in [4.78, 5) is 25.8. The molecule has 0 saturated carbocycles. The Balaban J connectivity index is 1.91. The molecule has 3 aromatic rings. The third kappa shape index (κ3) is 4.14. The highest BCUT2D eigenvalue weighted by Crippen LogP contribution is 2.42. The van der Waals surface area contributed by atoms with E-state index in [1.165, 1.54) is 30.3 Å². The molecule has 9 heteroatoms. The van der Waals surface area contributed by atoms with E-state index >= 15 is 0 Å². The number of benzene rings is 1. The topological polar surface area (TPSA) is 79.3 Å². The van der Waals surface area contributed by atoms with E-state index < -0.39 is 22.9 Å². The second kappa shape index (κ2) is 7.20. The normalized spacial score (nSPS) is 11.2. The van der Waals surface area contributed by atoms with Crippen LogP contribution in [0.1, 0.15) is 25.0 Å². The third-order valence-corrected chi connectivity index (χ3v) is 4.72. The molecule has 0 unspecified atom stereocenters. The molecular formula is C18H11F3N2O3S. The fraction of sp³-hybridized carbons (Fsp3) is 0.0556. The number of carbonyl (C=O) groups is 2. The summed E-state index contributed by atoms with van der Waals surface area (Å²) in [5.74, 6) is -1.97. The van der Waals surface area contributed by atoms with Gasteiger partial charge in [-0.15, -0.1) is 11.3 Å². The number of pyridine rings is 1. The molecule has 3 rings (SSSR count). The van der Waals surface area contributed by atoms with Crippen LogP contribution in [0.2, 0.25) is 0 Å². The highest BCUT2D eigenvalue weighted by atomic mass is 32.1. The van der Waals surface area contributed by atoms with Crippen LogP contribution in [0, 0.1) is 0 Å². The largest absolute Gasteiger partial charge is 0.477 e. The Morgan fingerprint density at radius 2 is 1.78 bits per heavy atom. The maximum Gasteiger partial charge on any atom is 0.426 e. The minimum Gasteiger partial charge on any atom is -0.477 e. The summed E-state index contributed by atoms with van der Waals surface area (Å²) in [5, 5.41) is 11.2. The van der Waals surface area contributed by atoms with Crippen LogP contribution in [0.5, 0.6) is 0 Å². The summed E-state index contributed by atoms with van der Waals surface area (Å²) in [5.41, 5.74) is 0.244. The standard InChI is InChI=1S/C18H11F3N2O3S/c19-18(20,21)15-12(10-4-2-1-3-5-10)8-14(27-15)16(24)23-11-6-7-13(17(25)26)22-9-11/h1-9H,(H,23,24)(H,25,26). The first-order valence-electron chi connectivity index (χ1n) is 7.53. The van der Waals surface area contributed by atoms with E-state index in [2.05, 4.69) is 10.3 Å². The van der Waals surface area contributed by atoms with Crippen LogP contribution in [0.15, 0.2) is 54.7 Å². The highest BCUT2D eigenvalue weighted by molar-refractivity contribution is 7.14. The number of hydrogen-bond acceptors (Lipinski definition) is 4. The lowest BCUT2D eigenvalue weighted by Crippen LogP contribution is -2.11. The number of nitrogens with zero attached hydrogens (tertiary/aromatic N) is 1. The van der Waals surface area contributed by atoms with Crippen molar-refractivity contribution in [1.82, 2.24) is 4.98 Å². The molecule has 0 bridgehead atoms. The van der Waals surface area contributed by atoms with Gasteiger partial charge in [0.1, 0.15) is 10.6 Å². The summed E-state index contributed by atoms with van der Waals surface area (Å²) in [6.07, 6.45) is -3.48. The molecule has 0 atom stereocenters. The fourth-order valence-corrected chi connectivity index (χ4v) is 3.28. The van der Waals surface area contributed by atoms with Crippen molar-refractivity contribution >= 4 is 28.9 Å². The molecule has 5 nitrogen and oxygen atoms in total. The molecule has 0 aliphatic rings. The number of carbonyl (C=O) groups excluding carboxylic acids is 1. The SMILES string of the molecule is O=C(O)c1ccc(NC(=O)c2cc(-c3ccccc3)c(C(F)(F)F)s2)cn1. The Morgan fingerprint density at radius 1 is 1.07 bits per heavy atom. The highest BCUT2D eigenvalue weighted by Gasteiger charge is 2.37. The number of thiophene rings is 1. The minimum atomic E-state index is -4.60. The first kappa shape index (κ1) is 18.6. The van der Waals surface area contributed by atoms with Gasteiger partial charge in [0.15, 0.2) is 0 Å². The molecule has 0 saturated heterocycles. The summed E-state index contributed by atoms with van der Waals surface area (Å²) in [7, 11) is 0. The van der Waals surface area contributed by atoms with Gasteiger partial charge in [-0.25, -0.2) is 9.78 Å². The Labute approximate surface area is 155 Å². The Morgan fingerprint density at radius 3 is 2.33 bits per heavy atom. The predicted molar refractivity (Wildman–Crippen MR) is 93.9 cm³/mol. The van der Waals surface area contributed by atoms with Crippen molar-refractivity contribution in [2.24, 2.45) is 0 Å². The lowest BCUT2D eigenvalue weighted by Gasteiger charge is -2.07. The molecule has 0 aliphatic heterocycles. The number of aromatic carboxylic acids is 1. The maximum atomic E-state index is 13.4. The van der Waals surface area contributed by atoms with Crippen LogP contribution in [0.4, 0.5) is 18.9 Å². The quantitative estimate of drug-likeness (QED) is 0.670. The van der Waals surface area contributed by atoms with Crippen LogP contribution in [0.25, 0.3) is 11.1 Å². The van der Waals surface area contributed by atoms with Gasteiger partial charge in [-0.2, -0.15) is 13.2 Å². The number of carboxylic acid groups (broad SMARTS) is 1. The molecule has 2 aromatic heterocycles. The number of amides is 1. The molecule has 0 radical (unpaired) electrons. The molecule has 2 heterocycles. The van der Waals surface area contributed by atoms with Gasteiger partial charge in [-0.3, -0.25) is 4.79 Å². The number of alkyl halides is 3. The van der Waals surface area contributed by atoms with Gasteiger partial charge in [0, 0.05) is 5.56 Å². The lowest BCUT2D eigenvalue weighted by molar-refractivity contribution is -0.133. The van der Waals surface area contributed by atoms with Crippen molar-refractivity contribution < 1.29 is 27.9 Å². The zero-order valence-electron chi connectivity index (χ0n) is 13.4. The van der Waals surface area contributed by atoms with Gasteiger partial charge in [-0.1, -0.05) is 30.3 Å². The summed E-state index contributed by atoms with van der Waals surface area (Å²) in [6, 6.07) is 11.7. The molecule has 1 amide bonds. The van der Waals surface area contributed by atoms with Gasteiger partial charge in [0.05, 0.1) is 16.8 Å². The van der Waals surface area contributed by atoms with Gasteiger partial charge in [0.25, 0.3) is 5.91 Å². The molecule has 27 heavy (non-hydrogen) atoms. The Hall–Kier alpha value is -3.20. The van der Waals surface area contributed by atoms with Crippen LogP contribution in [0.3, 0.4) is 0 Å². The second-order valence-electron chi connectivity index (χ2n) is 5.41. The van der Waals surface area contributed by atoms with E-state index in [0.29, 0.717) is 16.9 Å². The molecule has 1 aromatic carbocycles. The smallest absolute Gasteiger partial charge is 0.426 e. The summed E-state index contributed by atoms with van der Waals surface area (Å²) in [6.45, 7) is 0. The molecule has 2 N–H and O–H groups in total. The minimum absolute atomic E-state index is 0.0717. The number of aromatic nitrogens is 1. The number of hydrogen-bond donors (Lipinski definition) is 2. The van der Waals surface area contributed by atoms with Crippen LogP contribution >= 0.6 is 11.3 Å². The third-order valence-electron chi connectivity index (χ3n) is 3.54. The van der Waals surface area contributed by atoms with E-state index in [-0.39, 0.29) is 21.8 Å². The van der Waals surface area contributed by atoms with Crippen molar-refractivity contribution in [3.63, 3.8) is 0 Å². The second-order valence-corrected chi connectivity index (χ2v) is 6.46. The number of halogens is 3. The van der Waals surface area contributed by atoms with E-state index in [1.807, 2.05) is 0 Å². The number of nitrogens with one attached hydrogen (secondary N) is 1. The number of carboxylic acids is 1. The van der Waals surface area contributed by atoms with Crippen molar-refractivity contribution in [1.29, 1.82) is 0 Å². The van der Waals surface area contributed by atoms with E-state index in [4.69, 9.17) is 5.11 Å². The van der Waals surface area contributed by atoms with Crippen molar-refractivity contribution in [3.8, 4) is 11.1 Å². The number of anilines is 1. The van der Waals surface area contributed by atoms with Gasteiger partial charge in [0.2, 0.25) is 0 Å². The summed E-state index contributed by atoms with van der Waals surface area (Å²) < 4.78 is 40.1. The molecule has 0 spiro atoms. The van der Waals surface area contributed by atoms with Gasteiger partial charge in [-0.05, 0) is 23.8 Å². The van der Waals surface area contributed by atoms with Gasteiger partial charge >= 0.3 is 12.1 Å². The van der Waals surface area contributed by atoms with Gasteiger partial charge < -0.3 is 10.4 Å². The van der Waals surface area contributed by atoms with Crippen LogP contribution < -0.4 is 5.32 Å². The number of rotatable bonds is 4. The van der Waals surface area contributed by atoms with E-state index in [1.54, 1.807) is 18.2 Å². The van der Waals surface area contributed by atoms with E-state index in [9.17, 15) is 22.8 Å². The zero-order valence-corrected chi connectivity index (χ0v) is 14.3. The Bertz CT molecular complexity index is 983. The zero-order chi connectivity index (χ0) is 19.6. The molecule has 0 fully saturated rings. The predicted octanol–water partition coefficient (Wildman–Crippen LogP) is 4.78. The maximum absolute atomic E-state index is 13.4. The average molecular weight is 392 g/mol. The summed E-state index contributed by atoms with van der Waals surface area (Å²) >= 11 is 0.345. The van der Waals surface area contributed by atoms with Crippen molar-refractivity contribution in [3.05, 3.63) is 70.2 Å². The Kier molecular flexibility index (Phi) is 4.95. The van der Waals surface area contributed by atoms with Crippen LogP contribution in [-0.2, 0) is 6.18 Å². The average Bonchev–Trinajstić information content (AvgIpc) is 3.09. The molecule has 0 aliphatic carbocycles. The molecular weight excluding hydrogens is 381 g/mol. The van der Waals surface area contributed by atoms with E-state index in [0.717, 1.165) is 6.20 Å². The first-order valence-corrected chi connectivity index (χ1v) is 8.34. The lowest BCUT2D eigenvalue weighted by atomic mass is 10.1. The van der Waals surface area contributed by atoms with Crippen LogP contribution in [-0.4, -0.2) is 22.0 Å². The first-order chi connectivity index (χ1) is 12.8. The monoisotopic (exact) mass is 392 g/mol. The fourth-order valence-electron chi connectivity index (χ4n) is 2.33. The van der Waals surface area contributed by atoms with Crippen molar-refractivity contribution in [2.75, 3.05) is 5.32 Å².